The zero-order chi connectivity index (χ0) is 34.9. The van der Waals surface area contributed by atoms with E-state index in [0.29, 0.717) is 47.0 Å². The van der Waals surface area contributed by atoms with Crippen molar-refractivity contribution in [1.82, 2.24) is 24.3 Å². The Morgan fingerprint density at radius 3 is 2.52 bits per heavy atom. The number of anilines is 2. The highest BCUT2D eigenvalue weighted by Crippen LogP contribution is 2.36. The Morgan fingerprint density at radius 2 is 1.85 bits per heavy atom. The van der Waals surface area contributed by atoms with Gasteiger partial charge in [0.1, 0.15) is 5.70 Å². The van der Waals surface area contributed by atoms with E-state index < -0.39 is 35.9 Å². The van der Waals surface area contributed by atoms with Crippen molar-refractivity contribution in [3.63, 3.8) is 0 Å². The van der Waals surface area contributed by atoms with Crippen molar-refractivity contribution in [3.8, 4) is 22.5 Å². The average molecular weight is 672 g/mol. The van der Waals surface area contributed by atoms with Crippen LogP contribution in [0.15, 0.2) is 71.8 Å². The molecule has 16 heteroatoms. The van der Waals surface area contributed by atoms with Crippen molar-refractivity contribution >= 4 is 17.3 Å². The zero-order valence-corrected chi connectivity index (χ0v) is 26.2. The number of allylic oxidation sites excluding steroid dienone is 1. The normalized spacial score (nSPS) is 17.5. The third-order valence-corrected chi connectivity index (χ3v) is 8.21. The summed E-state index contributed by atoms with van der Waals surface area (Å²) in [4.78, 5) is 35.7. The summed E-state index contributed by atoms with van der Waals surface area (Å²) in [5.41, 5.74) is 5.45. The van der Waals surface area contributed by atoms with E-state index in [2.05, 4.69) is 20.4 Å². The monoisotopic (exact) mass is 671 g/mol. The fourth-order valence-corrected chi connectivity index (χ4v) is 5.53. The van der Waals surface area contributed by atoms with Crippen LogP contribution < -0.4 is 27.5 Å². The molecule has 4 aromatic rings. The van der Waals surface area contributed by atoms with Gasteiger partial charge in [0, 0.05) is 35.5 Å². The first kappa shape index (κ1) is 34.2. The van der Waals surface area contributed by atoms with Crippen LogP contribution in [-0.4, -0.2) is 36.4 Å². The Morgan fingerprint density at radius 1 is 1.10 bits per heavy atom. The molecular weight excluding hydrogens is 637 g/mol. The number of fused-ring (bicyclic) bond motifs is 4. The van der Waals surface area contributed by atoms with Crippen LogP contribution in [-0.2, 0) is 4.79 Å². The van der Waals surface area contributed by atoms with E-state index >= 15 is 0 Å². The number of halogens is 5. The van der Waals surface area contributed by atoms with Gasteiger partial charge in [-0.3, -0.25) is 24.1 Å². The predicted octanol–water partition coefficient (Wildman–Crippen LogP) is 6.08. The van der Waals surface area contributed by atoms with Crippen LogP contribution in [0.4, 0.5) is 33.3 Å². The Kier molecular flexibility index (Phi) is 9.66. The van der Waals surface area contributed by atoms with Gasteiger partial charge in [-0.1, -0.05) is 33.3 Å². The van der Waals surface area contributed by atoms with E-state index in [-0.39, 0.29) is 34.6 Å². The molecule has 5 rings (SSSR count). The molecule has 11 nitrogen and oxygen atoms in total. The van der Waals surface area contributed by atoms with Gasteiger partial charge in [0.2, 0.25) is 5.91 Å². The SMILES string of the molecule is CC1CCCC(n2cnc(-c3cc(C(C)C)ccc3N(N)/C=C(\N)C(F)(F)F)cc2=O)c2cc(ccn2)-c2c(cnn2C(F)F)NC1=O. The minimum Gasteiger partial charge on any atom is -0.393 e. The highest BCUT2D eigenvalue weighted by atomic mass is 19.4. The number of pyridine rings is 1. The van der Waals surface area contributed by atoms with E-state index in [9.17, 15) is 31.5 Å². The number of nitrogens with zero attached hydrogens (tertiary/aromatic N) is 6. The van der Waals surface area contributed by atoms with Crippen molar-refractivity contribution in [3.05, 3.63) is 88.6 Å². The number of rotatable bonds is 6. The molecule has 0 radical (unpaired) electrons. The molecule has 0 saturated carbocycles. The maximum atomic E-state index is 14.0. The summed E-state index contributed by atoms with van der Waals surface area (Å²) in [6, 6.07) is 8.54. The number of aromatic nitrogens is 5. The smallest absolute Gasteiger partial charge is 0.393 e. The molecule has 0 aliphatic carbocycles. The standard InChI is InChI=1S/C32H34F5N9O2/c1-17(2)19-7-8-25(45(39)15-27(38)32(35,36)37)21(11-19)22-13-28(47)44(16-41-22)26-6-4-5-18(3)30(48)43-24-14-42-46(31(33)34)29(24)20-9-10-40-23(26)12-20/h7-18,26,31H,4-6,38-39H2,1-3H3,(H,43,48)/b27-15-. The molecule has 1 aromatic carbocycles. The highest BCUT2D eigenvalue weighted by Gasteiger charge is 2.32. The van der Waals surface area contributed by atoms with E-state index in [1.165, 1.54) is 41.5 Å². The molecule has 0 spiro atoms. The van der Waals surface area contributed by atoms with Gasteiger partial charge in [-0.2, -0.15) is 27.1 Å². The van der Waals surface area contributed by atoms with Gasteiger partial charge in [-0.05, 0) is 48.6 Å². The molecule has 0 saturated heterocycles. The number of hydrogen-bond donors (Lipinski definition) is 3. The number of carbonyl (C=O) groups is 1. The first-order chi connectivity index (χ1) is 22.6. The minimum atomic E-state index is -4.81. The third kappa shape index (κ3) is 7.07. The molecule has 48 heavy (non-hydrogen) atoms. The second kappa shape index (κ2) is 13.5. The quantitative estimate of drug-likeness (QED) is 0.127. The molecule has 2 bridgehead atoms. The van der Waals surface area contributed by atoms with Crippen LogP contribution in [0.25, 0.3) is 22.5 Å². The lowest BCUT2D eigenvalue weighted by Gasteiger charge is -2.23. The van der Waals surface area contributed by atoms with Crippen molar-refractivity contribution in [2.75, 3.05) is 10.3 Å². The van der Waals surface area contributed by atoms with Crippen molar-refractivity contribution in [1.29, 1.82) is 0 Å². The van der Waals surface area contributed by atoms with Gasteiger partial charge in [-0.15, -0.1) is 0 Å². The number of nitrogens with two attached hydrogens (primary N) is 2. The molecule has 3 aromatic heterocycles. The Balaban J connectivity index is 1.61. The van der Waals surface area contributed by atoms with E-state index in [1.54, 1.807) is 25.1 Å². The van der Waals surface area contributed by atoms with Crippen LogP contribution in [0, 0.1) is 5.92 Å². The number of hydrogen-bond acceptors (Lipinski definition) is 8. The second-order valence-electron chi connectivity index (χ2n) is 11.9. The molecule has 1 aliphatic rings. The van der Waals surface area contributed by atoms with Gasteiger partial charge in [0.05, 0.1) is 47.0 Å². The third-order valence-electron chi connectivity index (χ3n) is 8.21. The maximum absolute atomic E-state index is 14.0. The van der Waals surface area contributed by atoms with Crippen LogP contribution in [0.3, 0.4) is 0 Å². The summed E-state index contributed by atoms with van der Waals surface area (Å²) in [6.45, 7) is 2.58. The zero-order valence-electron chi connectivity index (χ0n) is 26.2. The number of amides is 1. The lowest BCUT2D eigenvalue weighted by molar-refractivity contribution is -0.119. The fourth-order valence-electron chi connectivity index (χ4n) is 5.53. The van der Waals surface area contributed by atoms with E-state index in [1.807, 2.05) is 13.8 Å². The van der Waals surface area contributed by atoms with Crippen LogP contribution in [0.1, 0.15) is 69.8 Å². The molecule has 254 valence electrons. The van der Waals surface area contributed by atoms with E-state index in [4.69, 9.17) is 11.6 Å². The molecule has 0 fully saturated rings. The van der Waals surface area contributed by atoms with Gasteiger partial charge >= 0.3 is 12.7 Å². The van der Waals surface area contributed by atoms with Crippen LogP contribution in [0.5, 0.6) is 0 Å². The molecule has 4 heterocycles. The predicted molar refractivity (Wildman–Crippen MR) is 170 cm³/mol. The first-order valence-electron chi connectivity index (χ1n) is 15.1. The molecule has 2 atom stereocenters. The minimum absolute atomic E-state index is 0.0153. The Labute approximate surface area is 272 Å². The highest BCUT2D eigenvalue weighted by molar-refractivity contribution is 5.95. The first-order valence-corrected chi connectivity index (χ1v) is 15.1. The van der Waals surface area contributed by atoms with Crippen molar-refractivity contribution in [2.24, 2.45) is 17.5 Å². The molecule has 2 unspecified atom stereocenters. The van der Waals surface area contributed by atoms with Gasteiger partial charge in [0.25, 0.3) is 5.56 Å². The summed E-state index contributed by atoms with van der Waals surface area (Å²) >= 11 is 0. The fraction of sp³-hybridized carbons (Fsp3) is 0.344. The molecule has 5 N–H and O–H groups in total. The summed E-state index contributed by atoms with van der Waals surface area (Å²) in [5.74, 6) is 5.20. The van der Waals surface area contributed by atoms with Gasteiger partial charge < -0.3 is 11.1 Å². The van der Waals surface area contributed by atoms with Crippen LogP contribution >= 0.6 is 0 Å². The molecular formula is C32H34F5N9O2. The summed E-state index contributed by atoms with van der Waals surface area (Å²) in [6.07, 6.45) is 0.905. The number of alkyl halides is 5. The molecule has 1 aliphatic heterocycles. The summed E-state index contributed by atoms with van der Waals surface area (Å²) in [7, 11) is 0. The average Bonchev–Trinajstić information content (AvgIpc) is 3.46. The lowest BCUT2D eigenvalue weighted by Crippen LogP contribution is -2.30. The number of carbonyl (C=O) groups excluding carboxylic acids is 1. The van der Waals surface area contributed by atoms with Gasteiger partial charge in [-0.25, -0.2) is 15.5 Å². The summed E-state index contributed by atoms with van der Waals surface area (Å²) < 4.78 is 69.3. The topological polar surface area (TPSA) is 150 Å². The summed E-state index contributed by atoms with van der Waals surface area (Å²) in [5, 5.41) is 7.22. The van der Waals surface area contributed by atoms with Crippen molar-refractivity contribution < 1.29 is 26.7 Å². The Bertz CT molecular complexity index is 1900. The van der Waals surface area contributed by atoms with Gasteiger partial charge in [0.15, 0.2) is 0 Å². The lowest BCUT2D eigenvalue weighted by atomic mass is 9.96. The maximum Gasteiger partial charge on any atom is 0.432 e. The largest absolute Gasteiger partial charge is 0.432 e. The molecule has 1 amide bonds. The number of benzene rings is 1. The van der Waals surface area contributed by atoms with Crippen LogP contribution in [0.2, 0.25) is 0 Å². The second-order valence-corrected chi connectivity index (χ2v) is 11.9. The Hall–Kier alpha value is -5.12. The number of hydrazine groups is 1. The van der Waals surface area contributed by atoms with Crippen molar-refractivity contribution in [2.45, 2.75) is 64.7 Å². The number of nitrogens with one attached hydrogen (secondary N) is 1. The van der Waals surface area contributed by atoms with E-state index in [0.717, 1.165) is 10.6 Å².